The maximum atomic E-state index is 11.7. The summed E-state index contributed by atoms with van der Waals surface area (Å²) in [5.41, 5.74) is 3.40. The van der Waals surface area contributed by atoms with Crippen molar-refractivity contribution in [3.8, 4) is 5.75 Å². The van der Waals surface area contributed by atoms with E-state index < -0.39 is 5.97 Å². The number of nitrogens with zero attached hydrogens (tertiary/aromatic N) is 1. The molecule has 23 heavy (non-hydrogen) atoms. The fraction of sp³-hybridized carbons (Fsp3) is 0.158. The lowest BCUT2D eigenvalue weighted by Crippen LogP contribution is -2.09. The first-order valence-electron chi connectivity index (χ1n) is 7.35. The predicted molar refractivity (Wildman–Crippen MR) is 89.2 cm³/mol. The van der Waals surface area contributed by atoms with E-state index in [1.165, 1.54) is 0 Å². The summed E-state index contributed by atoms with van der Waals surface area (Å²) < 4.78 is 5.32. The minimum atomic E-state index is -1.02. The van der Waals surface area contributed by atoms with Crippen molar-refractivity contribution in [2.24, 2.45) is 0 Å². The molecule has 116 valence electrons. The van der Waals surface area contributed by atoms with Crippen LogP contribution in [0.3, 0.4) is 0 Å². The van der Waals surface area contributed by atoms with Crippen LogP contribution in [0.5, 0.6) is 5.75 Å². The molecule has 3 rings (SSSR count). The third-order valence-electron chi connectivity index (χ3n) is 4.01. The Morgan fingerprint density at radius 3 is 2.52 bits per heavy atom. The van der Waals surface area contributed by atoms with E-state index in [1.54, 1.807) is 13.2 Å². The molecule has 0 saturated carbocycles. The summed E-state index contributed by atoms with van der Waals surface area (Å²) in [6, 6.07) is 15.4. The molecule has 0 radical (unpaired) electrons. The molecule has 0 bridgehead atoms. The van der Waals surface area contributed by atoms with E-state index in [0.717, 1.165) is 22.1 Å². The molecule has 4 nitrogen and oxygen atoms in total. The lowest BCUT2D eigenvalue weighted by atomic mass is 9.95. The van der Waals surface area contributed by atoms with Gasteiger partial charge in [-0.1, -0.05) is 42.5 Å². The molecule has 0 atom stereocenters. The Bertz CT molecular complexity index is 873. The van der Waals surface area contributed by atoms with E-state index in [1.807, 2.05) is 49.4 Å². The monoisotopic (exact) mass is 307 g/mol. The molecule has 0 spiro atoms. The molecular formula is C19H17NO3. The standard InChI is InChI=1S/C19H17NO3/c1-12-14-9-6-10-16(23-2)17(14)20-18(19(21)22)15(12)11-13-7-4-3-5-8-13/h3-10H,11H2,1-2H3,(H,21,22). The van der Waals surface area contributed by atoms with Crippen LogP contribution in [0.25, 0.3) is 10.9 Å². The molecule has 0 aliphatic carbocycles. The van der Waals surface area contributed by atoms with Crippen LogP contribution < -0.4 is 4.74 Å². The van der Waals surface area contributed by atoms with Crippen LogP contribution in [0.4, 0.5) is 0 Å². The van der Waals surface area contributed by atoms with Crippen LogP contribution in [0, 0.1) is 6.92 Å². The highest BCUT2D eigenvalue weighted by Crippen LogP contribution is 2.30. The summed E-state index contributed by atoms with van der Waals surface area (Å²) in [7, 11) is 1.56. The minimum Gasteiger partial charge on any atom is -0.494 e. The third kappa shape index (κ3) is 2.75. The molecule has 0 aliphatic heterocycles. The number of aryl methyl sites for hydroxylation is 1. The number of hydrogen-bond acceptors (Lipinski definition) is 3. The number of aromatic nitrogens is 1. The van der Waals surface area contributed by atoms with E-state index in [9.17, 15) is 9.90 Å². The topological polar surface area (TPSA) is 59.4 Å². The summed E-state index contributed by atoms with van der Waals surface area (Å²) in [5.74, 6) is -0.439. The number of hydrogen-bond donors (Lipinski definition) is 1. The van der Waals surface area contributed by atoms with Gasteiger partial charge in [0.2, 0.25) is 0 Å². The summed E-state index contributed by atoms with van der Waals surface area (Å²) in [6.07, 6.45) is 0.536. The van der Waals surface area contributed by atoms with Gasteiger partial charge in [0.15, 0.2) is 5.69 Å². The molecule has 0 fully saturated rings. The van der Waals surface area contributed by atoms with Crippen LogP contribution in [-0.2, 0) is 6.42 Å². The van der Waals surface area contributed by atoms with Crippen LogP contribution >= 0.6 is 0 Å². The van der Waals surface area contributed by atoms with Gasteiger partial charge in [-0.05, 0) is 29.7 Å². The number of aromatic carboxylic acids is 1. The number of ether oxygens (including phenoxy) is 1. The summed E-state index contributed by atoms with van der Waals surface area (Å²) in [4.78, 5) is 16.1. The molecule has 4 heteroatoms. The van der Waals surface area contributed by atoms with Crippen molar-refractivity contribution in [3.05, 3.63) is 70.9 Å². The van der Waals surface area contributed by atoms with Gasteiger partial charge in [0, 0.05) is 11.8 Å². The molecule has 0 amide bonds. The maximum absolute atomic E-state index is 11.7. The zero-order valence-corrected chi connectivity index (χ0v) is 13.0. The van der Waals surface area contributed by atoms with E-state index in [2.05, 4.69) is 4.98 Å². The minimum absolute atomic E-state index is 0.0864. The van der Waals surface area contributed by atoms with Gasteiger partial charge in [0.05, 0.1) is 7.11 Å². The quantitative estimate of drug-likeness (QED) is 0.795. The van der Waals surface area contributed by atoms with Gasteiger partial charge in [-0.3, -0.25) is 0 Å². The number of methoxy groups -OCH3 is 1. The molecule has 1 heterocycles. The Balaban J connectivity index is 2.25. The molecule has 1 N–H and O–H groups in total. The lowest BCUT2D eigenvalue weighted by molar-refractivity contribution is 0.0689. The van der Waals surface area contributed by atoms with Gasteiger partial charge in [0.25, 0.3) is 0 Å². The van der Waals surface area contributed by atoms with Crippen LogP contribution in [-0.4, -0.2) is 23.2 Å². The van der Waals surface area contributed by atoms with Gasteiger partial charge < -0.3 is 9.84 Å². The van der Waals surface area contributed by atoms with Crippen molar-refractivity contribution in [1.82, 2.24) is 4.98 Å². The predicted octanol–water partition coefficient (Wildman–Crippen LogP) is 3.84. The Morgan fingerprint density at radius 2 is 1.87 bits per heavy atom. The van der Waals surface area contributed by atoms with Crippen molar-refractivity contribution < 1.29 is 14.6 Å². The smallest absolute Gasteiger partial charge is 0.354 e. The number of para-hydroxylation sites is 1. The lowest BCUT2D eigenvalue weighted by Gasteiger charge is -2.14. The zero-order valence-electron chi connectivity index (χ0n) is 13.0. The van der Waals surface area contributed by atoms with Crippen molar-refractivity contribution in [2.45, 2.75) is 13.3 Å². The third-order valence-corrected chi connectivity index (χ3v) is 4.01. The van der Waals surface area contributed by atoms with Crippen LogP contribution in [0.2, 0.25) is 0 Å². The number of carbonyl (C=O) groups is 1. The largest absolute Gasteiger partial charge is 0.494 e. The first kappa shape index (κ1) is 15.0. The highest BCUT2D eigenvalue weighted by Gasteiger charge is 2.19. The van der Waals surface area contributed by atoms with Crippen LogP contribution in [0.1, 0.15) is 27.2 Å². The Morgan fingerprint density at radius 1 is 1.13 bits per heavy atom. The molecule has 0 saturated heterocycles. The van der Waals surface area contributed by atoms with Gasteiger partial charge >= 0.3 is 5.97 Å². The van der Waals surface area contributed by atoms with E-state index >= 15 is 0 Å². The van der Waals surface area contributed by atoms with Crippen molar-refractivity contribution >= 4 is 16.9 Å². The highest BCUT2D eigenvalue weighted by atomic mass is 16.5. The average molecular weight is 307 g/mol. The first-order chi connectivity index (χ1) is 11.1. The molecule has 0 aliphatic rings. The Hall–Kier alpha value is -2.88. The van der Waals surface area contributed by atoms with Crippen molar-refractivity contribution in [1.29, 1.82) is 0 Å². The van der Waals surface area contributed by atoms with Gasteiger partial charge in [-0.25, -0.2) is 9.78 Å². The van der Waals surface area contributed by atoms with Gasteiger partial charge in [-0.2, -0.15) is 0 Å². The molecule has 0 unspecified atom stereocenters. The molecular weight excluding hydrogens is 290 g/mol. The fourth-order valence-electron chi connectivity index (χ4n) is 2.82. The van der Waals surface area contributed by atoms with E-state index in [-0.39, 0.29) is 5.69 Å². The Labute approximate surface area is 134 Å². The molecule has 1 aromatic heterocycles. The summed E-state index contributed by atoms with van der Waals surface area (Å²) in [6.45, 7) is 1.94. The van der Waals surface area contributed by atoms with E-state index in [4.69, 9.17) is 4.74 Å². The number of fused-ring (bicyclic) bond motifs is 1. The number of rotatable bonds is 4. The fourth-order valence-corrected chi connectivity index (χ4v) is 2.82. The second-order valence-electron chi connectivity index (χ2n) is 5.39. The maximum Gasteiger partial charge on any atom is 0.354 e. The van der Waals surface area contributed by atoms with Gasteiger partial charge in [-0.15, -0.1) is 0 Å². The van der Waals surface area contributed by atoms with Crippen molar-refractivity contribution in [2.75, 3.05) is 7.11 Å². The summed E-state index contributed by atoms with van der Waals surface area (Å²) in [5, 5.41) is 10.5. The SMILES string of the molecule is COc1cccc2c(C)c(Cc3ccccc3)c(C(=O)O)nc12. The number of pyridine rings is 1. The number of benzene rings is 2. The van der Waals surface area contributed by atoms with Crippen LogP contribution in [0.15, 0.2) is 48.5 Å². The average Bonchev–Trinajstić information content (AvgIpc) is 2.57. The molecule has 2 aromatic carbocycles. The Kier molecular flexibility index (Phi) is 3.98. The summed E-state index contributed by atoms with van der Waals surface area (Å²) >= 11 is 0. The zero-order chi connectivity index (χ0) is 16.4. The van der Waals surface area contributed by atoms with Crippen molar-refractivity contribution in [3.63, 3.8) is 0 Å². The van der Waals surface area contributed by atoms with Gasteiger partial charge in [0.1, 0.15) is 11.3 Å². The first-order valence-corrected chi connectivity index (χ1v) is 7.35. The number of carboxylic acid groups (broad SMARTS) is 1. The second-order valence-corrected chi connectivity index (χ2v) is 5.39. The normalized spacial score (nSPS) is 10.7. The number of carboxylic acids is 1. The molecule has 3 aromatic rings. The van der Waals surface area contributed by atoms with E-state index in [0.29, 0.717) is 17.7 Å². The second kappa shape index (κ2) is 6.08. The highest BCUT2D eigenvalue weighted by molar-refractivity contribution is 5.95.